The number of benzene rings is 1. The number of aliphatic carboxylic acids is 1. The van der Waals surface area contributed by atoms with E-state index in [9.17, 15) is 14.4 Å². The van der Waals surface area contributed by atoms with Crippen LogP contribution in [0, 0.1) is 0 Å². The molecule has 17 heavy (non-hydrogen) atoms. The summed E-state index contributed by atoms with van der Waals surface area (Å²) in [7, 11) is 1.47. The molecule has 0 aliphatic rings. The van der Waals surface area contributed by atoms with Crippen LogP contribution < -0.4 is 4.74 Å². The number of carboxylic acids is 1. The monoisotopic (exact) mass is 300 g/mol. The standard InChI is InChI=1S/C11H9BrO5/c1-17-9-3-2-6(4-7(9)12)11(16)8(13)5-10(14)15/h2-4H,5H2,1H3,(H,14,15). The number of carbonyl (C=O) groups is 3. The zero-order chi connectivity index (χ0) is 13.0. The second-order valence-corrected chi connectivity index (χ2v) is 4.03. The molecule has 0 unspecified atom stereocenters. The fourth-order valence-corrected chi connectivity index (χ4v) is 1.73. The molecule has 0 saturated heterocycles. The van der Waals surface area contributed by atoms with Crippen molar-refractivity contribution in [2.75, 3.05) is 7.11 Å². The average Bonchev–Trinajstić information content (AvgIpc) is 2.27. The van der Waals surface area contributed by atoms with Crippen LogP contribution in [0.25, 0.3) is 0 Å². The number of carboxylic acid groups (broad SMARTS) is 1. The molecule has 0 aromatic heterocycles. The van der Waals surface area contributed by atoms with Crippen LogP contribution in [0.15, 0.2) is 22.7 Å². The summed E-state index contributed by atoms with van der Waals surface area (Å²) in [5.74, 6) is -2.58. The third-order valence-corrected chi connectivity index (χ3v) is 2.60. The van der Waals surface area contributed by atoms with E-state index in [-0.39, 0.29) is 5.56 Å². The van der Waals surface area contributed by atoms with Gasteiger partial charge in [0.15, 0.2) is 0 Å². The molecule has 0 heterocycles. The molecular weight excluding hydrogens is 292 g/mol. The first-order valence-corrected chi connectivity index (χ1v) is 5.38. The zero-order valence-electron chi connectivity index (χ0n) is 8.90. The van der Waals surface area contributed by atoms with Crippen LogP contribution in [0.3, 0.4) is 0 Å². The summed E-state index contributed by atoms with van der Waals surface area (Å²) in [5.41, 5.74) is 0.129. The van der Waals surface area contributed by atoms with E-state index in [4.69, 9.17) is 9.84 Å². The lowest BCUT2D eigenvalue weighted by atomic mass is 10.1. The van der Waals surface area contributed by atoms with Gasteiger partial charge < -0.3 is 9.84 Å². The topological polar surface area (TPSA) is 80.7 Å². The first kappa shape index (κ1) is 13.4. The number of hydrogen-bond donors (Lipinski definition) is 1. The van der Waals surface area contributed by atoms with E-state index in [0.29, 0.717) is 10.2 Å². The molecule has 0 saturated carbocycles. The Bertz CT molecular complexity index is 481. The molecule has 0 amide bonds. The van der Waals surface area contributed by atoms with Crippen LogP contribution in [0.1, 0.15) is 16.8 Å². The lowest BCUT2D eigenvalue weighted by Gasteiger charge is -2.04. The third-order valence-electron chi connectivity index (χ3n) is 1.98. The van der Waals surface area contributed by atoms with E-state index in [1.807, 2.05) is 0 Å². The fraction of sp³-hybridized carbons (Fsp3) is 0.182. The molecule has 1 aromatic rings. The van der Waals surface area contributed by atoms with Gasteiger partial charge in [0.2, 0.25) is 11.6 Å². The van der Waals surface area contributed by atoms with Gasteiger partial charge in [-0.15, -0.1) is 0 Å². The summed E-state index contributed by atoms with van der Waals surface area (Å²) in [6.45, 7) is 0. The molecular formula is C11H9BrO5. The van der Waals surface area contributed by atoms with E-state index in [1.54, 1.807) is 0 Å². The van der Waals surface area contributed by atoms with Gasteiger partial charge in [-0.1, -0.05) is 0 Å². The normalized spacial score (nSPS) is 9.76. The molecule has 0 radical (unpaired) electrons. The molecule has 0 aliphatic carbocycles. The van der Waals surface area contributed by atoms with Crippen LogP contribution >= 0.6 is 15.9 Å². The summed E-state index contributed by atoms with van der Waals surface area (Å²) in [5, 5.41) is 8.41. The molecule has 1 aromatic carbocycles. The van der Waals surface area contributed by atoms with Crippen LogP contribution in [-0.4, -0.2) is 29.8 Å². The Morgan fingerprint density at radius 1 is 1.35 bits per heavy atom. The van der Waals surface area contributed by atoms with Crippen molar-refractivity contribution in [3.8, 4) is 5.75 Å². The van der Waals surface area contributed by atoms with Gasteiger partial charge in [0.25, 0.3) is 0 Å². The Labute approximate surface area is 106 Å². The summed E-state index contributed by atoms with van der Waals surface area (Å²) in [6, 6.07) is 4.35. The first-order valence-electron chi connectivity index (χ1n) is 4.58. The highest BCUT2D eigenvalue weighted by Crippen LogP contribution is 2.25. The lowest BCUT2D eigenvalue weighted by molar-refractivity contribution is -0.139. The van der Waals surface area contributed by atoms with E-state index >= 15 is 0 Å². The van der Waals surface area contributed by atoms with E-state index in [2.05, 4.69) is 15.9 Å². The minimum absolute atomic E-state index is 0.129. The Morgan fingerprint density at radius 3 is 2.47 bits per heavy atom. The molecule has 0 bridgehead atoms. The van der Waals surface area contributed by atoms with E-state index in [0.717, 1.165) is 0 Å². The number of ketones is 2. The molecule has 0 fully saturated rings. The summed E-state index contributed by atoms with van der Waals surface area (Å²) in [6.07, 6.45) is -0.803. The Kier molecular flexibility index (Phi) is 4.39. The third kappa shape index (κ3) is 3.39. The highest BCUT2D eigenvalue weighted by Gasteiger charge is 2.19. The molecule has 0 aliphatic heterocycles. The Morgan fingerprint density at radius 2 is 2.00 bits per heavy atom. The summed E-state index contributed by atoms with van der Waals surface area (Å²) in [4.78, 5) is 33.1. The van der Waals surface area contributed by atoms with Gasteiger partial charge in [-0.25, -0.2) is 0 Å². The molecule has 0 atom stereocenters. The highest BCUT2D eigenvalue weighted by molar-refractivity contribution is 9.10. The van der Waals surface area contributed by atoms with Gasteiger partial charge in [-0.3, -0.25) is 14.4 Å². The SMILES string of the molecule is COc1ccc(C(=O)C(=O)CC(=O)O)cc1Br. The Balaban J connectivity index is 2.93. The van der Waals surface area contributed by atoms with E-state index < -0.39 is 24.0 Å². The van der Waals surface area contributed by atoms with E-state index in [1.165, 1.54) is 25.3 Å². The van der Waals surface area contributed by atoms with Crippen molar-refractivity contribution in [2.24, 2.45) is 0 Å². The van der Waals surface area contributed by atoms with Crippen molar-refractivity contribution in [1.82, 2.24) is 0 Å². The van der Waals surface area contributed by atoms with Gasteiger partial charge in [-0.05, 0) is 34.1 Å². The number of methoxy groups -OCH3 is 1. The number of rotatable bonds is 5. The predicted molar refractivity (Wildman–Crippen MR) is 62.3 cm³/mol. The van der Waals surface area contributed by atoms with Crippen molar-refractivity contribution in [3.05, 3.63) is 28.2 Å². The maximum Gasteiger partial charge on any atom is 0.311 e. The lowest BCUT2D eigenvalue weighted by Crippen LogP contribution is -2.17. The van der Waals surface area contributed by atoms with Crippen molar-refractivity contribution in [1.29, 1.82) is 0 Å². The number of hydrogen-bond acceptors (Lipinski definition) is 4. The first-order chi connectivity index (χ1) is 7.95. The van der Waals surface area contributed by atoms with Crippen LogP contribution in [0.5, 0.6) is 5.75 Å². The van der Waals surface area contributed by atoms with Crippen LogP contribution in [-0.2, 0) is 9.59 Å². The van der Waals surface area contributed by atoms with Gasteiger partial charge in [-0.2, -0.15) is 0 Å². The Hall–Kier alpha value is -1.69. The average molecular weight is 301 g/mol. The zero-order valence-corrected chi connectivity index (χ0v) is 10.5. The summed E-state index contributed by atoms with van der Waals surface area (Å²) >= 11 is 3.17. The predicted octanol–water partition coefficient (Wildman–Crippen LogP) is 1.68. The number of Topliss-reactive ketones (excluding diaryl/α,β-unsaturated/α-hetero) is 2. The van der Waals surface area contributed by atoms with Gasteiger partial charge in [0.05, 0.1) is 11.6 Å². The smallest absolute Gasteiger partial charge is 0.311 e. The van der Waals surface area contributed by atoms with Crippen molar-refractivity contribution < 1.29 is 24.2 Å². The van der Waals surface area contributed by atoms with Gasteiger partial charge in [0, 0.05) is 5.56 Å². The van der Waals surface area contributed by atoms with Crippen LogP contribution in [0.4, 0.5) is 0 Å². The molecule has 5 nitrogen and oxygen atoms in total. The second-order valence-electron chi connectivity index (χ2n) is 3.17. The minimum Gasteiger partial charge on any atom is -0.496 e. The fourth-order valence-electron chi connectivity index (χ4n) is 1.19. The maximum atomic E-state index is 11.6. The maximum absolute atomic E-state index is 11.6. The van der Waals surface area contributed by atoms with Crippen molar-refractivity contribution in [3.63, 3.8) is 0 Å². The molecule has 1 N–H and O–H groups in total. The molecule has 0 spiro atoms. The minimum atomic E-state index is -1.32. The van der Waals surface area contributed by atoms with Gasteiger partial charge in [0.1, 0.15) is 12.2 Å². The number of ether oxygens (including phenoxy) is 1. The van der Waals surface area contributed by atoms with Gasteiger partial charge >= 0.3 is 5.97 Å². The largest absolute Gasteiger partial charge is 0.496 e. The summed E-state index contributed by atoms with van der Waals surface area (Å²) < 4.78 is 5.49. The molecule has 6 heteroatoms. The van der Waals surface area contributed by atoms with Crippen LogP contribution in [0.2, 0.25) is 0 Å². The quantitative estimate of drug-likeness (QED) is 0.508. The molecule has 1 rings (SSSR count). The van der Waals surface area contributed by atoms with Crippen molar-refractivity contribution >= 4 is 33.5 Å². The number of carbonyl (C=O) groups excluding carboxylic acids is 2. The highest BCUT2D eigenvalue weighted by atomic mass is 79.9. The molecule has 90 valence electrons. The second kappa shape index (κ2) is 5.58. The van der Waals surface area contributed by atoms with Crippen molar-refractivity contribution in [2.45, 2.75) is 6.42 Å². The number of halogens is 1.